The van der Waals surface area contributed by atoms with Crippen LogP contribution in [0.1, 0.15) is 52.3 Å². The highest BCUT2D eigenvalue weighted by Crippen LogP contribution is 2.22. The Hall–Kier alpha value is -1.04. The first-order valence-electron chi connectivity index (χ1n) is 7.38. The van der Waals surface area contributed by atoms with Crippen LogP contribution in [0.4, 0.5) is 0 Å². The van der Waals surface area contributed by atoms with Crippen LogP contribution >= 0.6 is 11.8 Å². The van der Waals surface area contributed by atoms with Crippen molar-refractivity contribution in [3.63, 3.8) is 0 Å². The number of rotatable bonds is 10. The molecule has 0 saturated heterocycles. The van der Waals surface area contributed by atoms with Crippen molar-refractivity contribution in [3.8, 4) is 0 Å². The lowest BCUT2D eigenvalue weighted by molar-refractivity contribution is -0.133. The molecule has 1 rings (SSSR count). The minimum absolute atomic E-state index is 0.0353. The van der Waals surface area contributed by atoms with E-state index in [-0.39, 0.29) is 5.75 Å². The summed E-state index contributed by atoms with van der Waals surface area (Å²) in [5.41, 5.74) is 0. The van der Waals surface area contributed by atoms with Crippen LogP contribution in [0.2, 0.25) is 0 Å². The highest BCUT2D eigenvalue weighted by molar-refractivity contribution is 7.99. The molecular weight excluding hydrogens is 274 g/mol. The average Bonchev–Trinajstić information content (AvgIpc) is 2.82. The highest BCUT2D eigenvalue weighted by atomic mass is 32.2. The fraction of sp³-hybridized carbons (Fsp3) is 0.786. The SMILES string of the molecule is CCCCC(CC)Cn1c(CC)nnc1SCC(=O)O. The first-order valence-corrected chi connectivity index (χ1v) is 8.37. The lowest BCUT2D eigenvalue weighted by Gasteiger charge is -2.17. The maximum Gasteiger partial charge on any atom is 0.313 e. The van der Waals surface area contributed by atoms with Crippen molar-refractivity contribution in [1.82, 2.24) is 14.8 Å². The molecule has 6 heteroatoms. The molecule has 0 spiro atoms. The summed E-state index contributed by atoms with van der Waals surface area (Å²) in [4.78, 5) is 10.7. The number of hydrogen-bond donors (Lipinski definition) is 1. The van der Waals surface area contributed by atoms with E-state index in [0.29, 0.717) is 5.92 Å². The summed E-state index contributed by atoms with van der Waals surface area (Å²) in [5, 5.41) is 17.8. The Labute approximate surface area is 125 Å². The summed E-state index contributed by atoms with van der Waals surface area (Å²) in [5.74, 6) is 0.780. The fourth-order valence-electron chi connectivity index (χ4n) is 2.17. The number of nitrogens with zero attached hydrogens (tertiary/aromatic N) is 3. The second-order valence-electron chi connectivity index (χ2n) is 4.96. The quantitative estimate of drug-likeness (QED) is 0.672. The Morgan fingerprint density at radius 2 is 2.10 bits per heavy atom. The standard InChI is InChI=1S/C14H25N3O2S/c1-4-7-8-11(5-2)9-17-12(6-3)15-16-14(17)20-10-13(18)19/h11H,4-10H2,1-3H3,(H,18,19). The zero-order chi connectivity index (χ0) is 15.0. The van der Waals surface area contributed by atoms with E-state index in [2.05, 4.69) is 35.5 Å². The summed E-state index contributed by atoms with van der Waals surface area (Å²) >= 11 is 1.26. The molecule has 1 unspecified atom stereocenters. The summed E-state index contributed by atoms with van der Waals surface area (Å²) in [7, 11) is 0. The number of aliphatic carboxylic acids is 1. The summed E-state index contributed by atoms with van der Waals surface area (Å²) in [6, 6.07) is 0. The molecule has 0 saturated carbocycles. The van der Waals surface area contributed by atoms with Gasteiger partial charge < -0.3 is 9.67 Å². The van der Waals surface area contributed by atoms with Gasteiger partial charge >= 0.3 is 5.97 Å². The Morgan fingerprint density at radius 3 is 2.65 bits per heavy atom. The molecule has 1 heterocycles. The van der Waals surface area contributed by atoms with E-state index in [1.807, 2.05) is 0 Å². The van der Waals surface area contributed by atoms with Gasteiger partial charge in [-0.05, 0) is 12.3 Å². The maximum atomic E-state index is 10.7. The molecule has 0 amide bonds. The smallest absolute Gasteiger partial charge is 0.313 e. The van der Waals surface area contributed by atoms with Crippen LogP contribution < -0.4 is 0 Å². The van der Waals surface area contributed by atoms with Crippen LogP contribution in [0.5, 0.6) is 0 Å². The lowest BCUT2D eigenvalue weighted by Crippen LogP contribution is -2.14. The van der Waals surface area contributed by atoms with Gasteiger partial charge in [0.1, 0.15) is 5.82 Å². The Balaban J connectivity index is 2.78. The zero-order valence-electron chi connectivity index (χ0n) is 12.6. The predicted octanol–water partition coefficient (Wildman–Crippen LogP) is 3.23. The Kier molecular flexibility index (Phi) is 7.65. The van der Waals surface area contributed by atoms with Gasteiger partial charge in [-0.25, -0.2) is 0 Å². The predicted molar refractivity (Wildman–Crippen MR) is 81.1 cm³/mol. The Bertz CT molecular complexity index is 421. The number of hydrogen-bond acceptors (Lipinski definition) is 4. The second kappa shape index (κ2) is 9.00. The van der Waals surface area contributed by atoms with Gasteiger partial charge in [-0.1, -0.05) is 51.8 Å². The molecule has 0 fully saturated rings. The molecule has 0 aliphatic rings. The number of carboxylic acids is 1. The van der Waals surface area contributed by atoms with Crippen molar-refractivity contribution >= 4 is 17.7 Å². The summed E-state index contributed by atoms with van der Waals surface area (Å²) in [6.07, 6.45) is 5.60. The third kappa shape index (κ3) is 5.15. The Morgan fingerprint density at radius 1 is 1.35 bits per heavy atom. The van der Waals surface area contributed by atoms with Crippen LogP contribution in [-0.4, -0.2) is 31.6 Å². The molecule has 20 heavy (non-hydrogen) atoms. The van der Waals surface area contributed by atoms with Gasteiger partial charge in [0.2, 0.25) is 0 Å². The summed E-state index contributed by atoms with van der Waals surface area (Å²) < 4.78 is 2.11. The van der Waals surface area contributed by atoms with Crippen LogP contribution in [-0.2, 0) is 17.8 Å². The second-order valence-corrected chi connectivity index (χ2v) is 5.90. The van der Waals surface area contributed by atoms with E-state index in [1.54, 1.807) is 0 Å². The number of carboxylic acid groups (broad SMARTS) is 1. The third-order valence-electron chi connectivity index (χ3n) is 3.42. The molecular formula is C14H25N3O2S. The molecule has 0 bridgehead atoms. The van der Waals surface area contributed by atoms with Gasteiger partial charge in [0.05, 0.1) is 5.75 Å². The topological polar surface area (TPSA) is 68.0 Å². The van der Waals surface area contributed by atoms with Gasteiger partial charge in [0.15, 0.2) is 5.16 Å². The van der Waals surface area contributed by atoms with Crippen LogP contribution in [0.25, 0.3) is 0 Å². The van der Waals surface area contributed by atoms with Crippen molar-refractivity contribution in [2.45, 2.75) is 64.6 Å². The number of thioether (sulfide) groups is 1. The van der Waals surface area contributed by atoms with Crippen molar-refractivity contribution in [2.24, 2.45) is 5.92 Å². The van der Waals surface area contributed by atoms with E-state index in [4.69, 9.17) is 5.11 Å². The number of carbonyl (C=O) groups is 1. The lowest BCUT2D eigenvalue weighted by atomic mass is 9.99. The molecule has 114 valence electrons. The third-order valence-corrected chi connectivity index (χ3v) is 4.37. The van der Waals surface area contributed by atoms with Gasteiger partial charge in [-0.2, -0.15) is 0 Å². The first-order chi connectivity index (χ1) is 9.62. The van der Waals surface area contributed by atoms with Crippen LogP contribution in [0.15, 0.2) is 5.16 Å². The molecule has 0 aliphatic heterocycles. The van der Waals surface area contributed by atoms with E-state index in [0.717, 1.165) is 30.4 Å². The van der Waals surface area contributed by atoms with Crippen molar-refractivity contribution in [3.05, 3.63) is 5.82 Å². The van der Waals surface area contributed by atoms with Gasteiger partial charge in [-0.15, -0.1) is 10.2 Å². The van der Waals surface area contributed by atoms with Crippen LogP contribution in [0, 0.1) is 5.92 Å². The van der Waals surface area contributed by atoms with Crippen LogP contribution in [0.3, 0.4) is 0 Å². The van der Waals surface area contributed by atoms with E-state index in [1.165, 1.54) is 31.0 Å². The van der Waals surface area contributed by atoms with Gasteiger partial charge in [0.25, 0.3) is 0 Å². The molecule has 5 nitrogen and oxygen atoms in total. The van der Waals surface area contributed by atoms with Crippen molar-refractivity contribution < 1.29 is 9.90 Å². The number of aromatic nitrogens is 3. The van der Waals surface area contributed by atoms with E-state index in [9.17, 15) is 4.79 Å². The summed E-state index contributed by atoms with van der Waals surface area (Å²) in [6.45, 7) is 7.37. The molecule has 1 aromatic rings. The largest absolute Gasteiger partial charge is 0.481 e. The molecule has 0 aliphatic carbocycles. The molecule has 1 N–H and O–H groups in total. The van der Waals surface area contributed by atoms with Gasteiger partial charge in [0, 0.05) is 13.0 Å². The first kappa shape index (κ1) is 17.0. The minimum Gasteiger partial charge on any atom is -0.481 e. The average molecular weight is 299 g/mol. The van der Waals surface area contributed by atoms with Gasteiger partial charge in [-0.3, -0.25) is 4.79 Å². The monoisotopic (exact) mass is 299 g/mol. The molecule has 0 aromatic carbocycles. The zero-order valence-corrected chi connectivity index (χ0v) is 13.4. The van der Waals surface area contributed by atoms with Crippen molar-refractivity contribution in [2.75, 3.05) is 5.75 Å². The molecule has 1 aromatic heterocycles. The minimum atomic E-state index is -0.819. The number of unbranched alkanes of at least 4 members (excludes halogenated alkanes) is 1. The number of aryl methyl sites for hydroxylation is 1. The van der Waals surface area contributed by atoms with E-state index < -0.39 is 5.97 Å². The molecule has 0 radical (unpaired) electrons. The molecule has 1 atom stereocenters. The fourth-order valence-corrected chi connectivity index (χ4v) is 2.86. The van der Waals surface area contributed by atoms with E-state index >= 15 is 0 Å². The highest BCUT2D eigenvalue weighted by Gasteiger charge is 2.16. The maximum absolute atomic E-state index is 10.7. The normalized spacial score (nSPS) is 12.6. The van der Waals surface area contributed by atoms with Crippen molar-refractivity contribution in [1.29, 1.82) is 0 Å².